The van der Waals surface area contributed by atoms with Crippen LogP contribution in [-0.4, -0.2) is 12.0 Å². The van der Waals surface area contributed by atoms with Crippen LogP contribution in [0.15, 0.2) is 30.3 Å². The molecule has 2 rings (SSSR count). The molecule has 94 valence electrons. The third-order valence-electron chi connectivity index (χ3n) is 2.45. The monoisotopic (exact) mass is 285 g/mol. The molecular formula is C12H10Cl2FN3. The summed E-state index contributed by atoms with van der Waals surface area (Å²) in [6, 6.07) is 7.60. The highest BCUT2D eigenvalue weighted by Gasteiger charge is 2.13. The van der Waals surface area contributed by atoms with E-state index in [2.05, 4.69) is 4.98 Å². The minimum Gasteiger partial charge on any atom is -0.382 e. The summed E-state index contributed by atoms with van der Waals surface area (Å²) in [6.45, 7) is 0. The molecule has 0 saturated heterocycles. The van der Waals surface area contributed by atoms with Crippen molar-refractivity contribution in [3.63, 3.8) is 0 Å². The Morgan fingerprint density at radius 1 is 1.22 bits per heavy atom. The third-order valence-corrected chi connectivity index (χ3v) is 3.03. The number of anilines is 3. The molecule has 0 aliphatic heterocycles. The molecule has 0 unspecified atom stereocenters. The molecule has 0 atom stereocenters. The number of nitrogens with zero attached hydrogens (tertiary/aromatic N) is 2. The summed E-state index contributed by atoms with van der Waals surface area (Å²) in [5.74, 6) is 0.265. The molecule has 0 amide bonds. The highest BCUT2D eigenvalue weighted by Crippen LogP contribution is 2.33. The van der Waals surface area contributed by atoms with Crippen molar-refractivity contribution in [2.45, 2.75) is 0 Å². The number of benzene rings is 1. The van der Waals surface area contributed by atoms with Crippen LogP contribution >= 0.6 is 23.2 Å². The first-order valence-corrected chi connectivity index (χ1v) is 5.85. The zero-order valence-corrected chi connectivity index (χ0v) is 11.0. The smallest absolute Gasteiger partial charge is 0.154 e. The number of pyridine rings is 1. The van der Waals surface area contributed by atoms with Crippen LogP contribution in [0, 0.1) is 5.82 Å². The van der Waals surface area contributed by atoms with Crippen molar-refractivity contribution >= 4 is 40.5 Å². The van der Waals surface area contributed by atoms with Crippen molar-refractivity contribution in [3.8, 4) is 0 Å². The summed E-state index contributed by atoms with van der Waals surface area (Å²) in [5.41, 5.74) is 6.25. The van der Waals surface area contributed by atoms with Crippen LogP contribution in [0.5, 0.6) is 0 Å². The Balaban J connectivity index is 2.46. The quantitative estimate of drug-likeness (QED) is 0.911. The Kier molecular flexibility index (Phi) is 3.59. The maximum absolute atomic E-state index is 13.2. The van der Waals surface area contributed by atoms with Crippen LogP contribution in [0.2, 0.25) is 10.0 Å². The predicted octanol–water partition coefficient (Wildman–Crippen LogP) is 3.88. The van der Waals surface area contributed by atoms with E-state index in [1.165, 1.54) is 18.2 Å². The number of nitrogen functional groups attached to an aromatic ring is 1. The van der Waals surface area contributed by atoms with Crippen LogP contribution in [0.4, 0.5) is 21.7 Å². The lowest BCUT2D eigenvalue weighted by Crippen LogP contribution is -2.13. The van der Waals surface area contributed by atoms with E-state index in [0.29, 0.717) is 16.5 Å². The summed E-state index contributed by atoms with van der Waals surface area (Å²) in [7, 11) is 1.72. The molecule has 1 heterocycles. The van der Waals surface area contributed by atoms with Crippen LogP contribution < -0.4 is 10.6 Å². The van der Waals surface area contributed by atoms with E-state index in [1.54, 1.807) is 24.1 Å². The fourth-order valence-electron chi connectivity index (χ4n) is 1.51. The molecule has 2 aromatic rings. The second-order valence-electron chi connectivity index (χ2n) is 3.70. The van der Waals surface area contributed by atoms with Crippen LogP contribution in [0.1, 0.15) is 0 Å². The number of rotatable bonds is 2. The van der Waals surface area contributed by atoms with Gasteiger partial charge in [0.05, 0.1) is 10.0 Å². The summed E-state index contributed by atoms with van der Waals surface area (Å²) in [4.78, 5) is 5.73. The molecule has 1 aromatic carbocycles. The normalized spacial score (nSPS) is 10.4. The zero-order valence-electron chi connectivity index (χ0n) is 9.49. The fourth-order valence-corrected chi connectivity index (χ4v) is 2.00. The van der Waals surface area contributed by atoms with E-state index >= 15 is 0 Å². The molecule has 0 aliphatic carbocycles. The van der Waals surface area contributed by atoms with Crippen molar-refractivity contribution in [2.24, 2.45) is 0 Å². The van der Waals surface area contributed by atoms with Crippen molar-refractivity contribution < 1.29 is 4.39 Å². The van der Waals surface area contributed by atoms with Gasteiger partial charge < -0.3 is 10.6 Å². The average molecular weight is 286 g/mol. The summed E-state index contributed by atoms with van der Waals surface area (Å²) >= 11 is 11.9. The average Bonchev–Trinajstić information content (AvgIpc) is 2.33. The largest absolute Gasteiger partial charge is 0.382 e. The molecule has 0 fully saturated rings. The van der Waals surface area contributed by atoms with Crippen molar-refractivity contribution in [1.82, 2.24) is 4.98 Å². The van der Waals surface area contributed by atoms with Gasteiger partial charge in [-0.25, -0.2) is 9.37 Å². The second-order valence-corrected chi connectivity index (χ2v) is 4.51. The van der Waals surface area contributed by atoms with Gasteiger partial charge in [-0.3, -0.25) is 0 Å². The van der Waals surface area contributed by atoms with Gasteiger partial charge in [-0.1, -0.05) is 29.3 Å². The van der Waals surface area contributed by atoms with E-state index in [1.807, 2.05) is 0 Å². The minimum absolute atomic E-state index is 0.180. The summed E-state index contributed by atoms with van der Waals surface area (Å²) in [5, 5.41) is 0.636. The second kappa shape index (κ2) is 5.00. The Labute approximate surface area is 114 Å². The molecule has 0 radical (unpaired) electrons. The van der Waals surface area contributed by atoms with Gasteiger partial charge in [0.2, 0.25) is 0 Å². The van der Waals surface area contributed by atoms with Crippen molar-refractivity contribution in [2.75, 3.05) is 17.7 Å². The van der Waals surface area contributed by atoms with Crippen LogP contribution in [-0.2, 0) is 0 Å². The fraction of sp³-hybridized carbons (Fsp3) is 0.0833. The lowest BCUT2D eigenvalue weighted by Gasteiger charge is -2.20. The summed E-state index contributed by atoms with van der Waals surface area (Å²) < 4.78 is 13.2. The molecule has 0 bridgehead atoms. The molecule has 3 nitrogen and oxygen atoms in total. The van der Waals surface area contributed by atoms with Gasteiger partial charge in [-0.05, 0) is 24.3 Å². The van der Waals surface area contributed by atoms with E-state index in [4.69, 9.17) is 28.9 Å². The number of nitrogens with two attached hydrogens (primary N) is 1. The van der Waals surface area contributed by atoms with E-state index in [9.17, 15) is 4.39 Å². The van der Waals surface area contributed by atoms with Gasteiger partial charge >= 0.3 is 0 Å². The highest BCUT2D eigenvalue weighted by atomic mass is 35.5. The molecule has 6 heteroatoms. The molecule has 0 saturated carbocycles. The zero-order chi connectivity index (χ0) is 13.3. The van der Waals surface area contributed by atoms with Gasteiger partial charge in [0.15, 0.2) is 5.82 Å². The topological polar surface area (TPSA) is 42.2 Å². The summed E-state index contributed by atoms with van der Waals surface area (Å²) in [6.07, 6.45) is 0. The van der Waals surface area contributed by atoms with Crippen molar-refractivity contribution in [3.05, 3.63) is 46.2 Å². The van der Waals surface area contributed by atoms with E-state index in [-0.39, 0.29) is 16.7 Å². The van der Waals surface area contributed by atoms with Gasteiger partial charge in [-0.2, -0.15) is 0 Å². The Bertz CT molecular complexity index is 590. The highest BCUT2D eigenvalue weighted by molar-refractivity contribution is 6.37. The number of hydrogen-bond acceptors (Lipinski definition) is 3. The minimum atomic E-state index is -0.336. The number of aromatic nitrogens is 1. The molecule has 0 aliphatic rings. The Morgan fingerprint density at radius 3 is 2.61 bits per heavy atom. The standard InChI is InChI=1S/C12H10Cl2FN3/c1-18(8-4-2-3-7(15)5-8)12-10(14)6-9(13)11(16)17-12/h2-6H,1H3,(H2,16,17). The van der Waals surface area contributed by atoms with Crippen molar-refractivity contribution in [1.29, 1.82) is 0 Å². The molecular weight excluding hydrogens is 276 g/mol. The molecule has 18 heavy (non-hydrogen) atoms. The van der Waals surface area contributed by atoms with Gasteiger partial charge in [-0.15, -0.1) is 0 Å². The molecule has 0 spiro atoms. The molecule has 2 N–H and O–H groups in total. The Hall–Kier alpha value is -1.52. The van der Waals surface area contributed by atoms with E-state index < -0.39 is 0 Å². The first-order chi connectivity index (χ1) is 8.49. The SMILES string of the molecule is CN(c1cccc(F)c1)c1nc(N)c(Cl)cc1Cl. The lowest BCUT2D eigenvalue weighted by atomic mass is 10.3. The maximum Gasteiger partial charge on any atom is 0.154 e. The van der Waals surface area contributed by atoms with Crippen LogP contribution in [0.3, 0.4) is 0 Å². The van der Waals surface area contributed by atoms with Crippen LogP contribution in [0.25, 0.3) is 0 Å². The third kappa shape index (κ3) is 2.49. The maximum atomic E-state index is 13.2. The van der Waals surface area contributed by atoms with Gasteiger partial charge in [0.1, 0.15) is 11.6 Å². The Morgan fingerprint density at radius 2 is 1.94 bits per heavy atom. The lowest BCUT2D eigenvalue weighted by molar-refractivity contribution is 0.628. The number of halogens is 3. The molecule has 1 aromatic heterocycles. The first kappa shape index (κ1) is 12.9. The van der Waals surface area contributed by atoms with E-state index in [0.717, 1.165) is 0 Å². The number of hydrogen-bond donors (Lipinski definition) is 1. The predicted molar refractivity (Wildman–Crippen MR) is 73.1 cm³/mol. The van der Waals surface area contributed by atoms with Gasteiger partial charge in [0, 0.05) is 12.7 Å². The van der Waals surface area contributed by atoms with Gasteiger partial charge in [0.25, 0.3) is 0 Å². The first-order valence-electron chi connectivity index (χ1n) is 5.10.